The molecule has 4 nitrogen and oxygen atoms in total. The summed E-state index contributed by atoms with van der Waals surface area (Å²) in [6.07, 6.45) is -7.45. The van der Waals surface area contributed by atoms with Gasteiger partial charge < -0.3 is 5.32 Å². The molecule has 0 spiro atoms. The van der Waals surface area contributed by atoms with Crippen LogP contribution in [0.5, 0.6) is 0 Å². The number of rotatable bonds is 6. The second-order valence-electron chi connectivity index (χ2n) is 8.31. The molecule has 0 fully saturated rings. The smallest absolute Gasteiger partial charge is 0.347 e. The number of allylic oxidation sites excluding steroid dienone is 1. The van der Waals surface area contributed by atoms with Crippen LogP contribution in [-0.2, 0) is 4.79 Å². The minimum absolute atomic E-state index is 0.0967. The van der Waals surface area contributed by atoms with Gasteiger partial charge in [-0.2, -0.15) is 26.3 Å². The minimum atomic E-state index is -4.70. The first-order chi connectivity index (χ1) is 16.7. The molecule has 0 bridgehead atoms. The van der Waals surface area contributed by atoms with Crippen LogP contribution in [0.15, 0.2) is 48.7 Å². The number of hydrogen-bond donors (Lipinski definition) is 1. The number of nitrogens with zero attached hydrogens (tertiary/aromatic N) is 1. The second-order valence-corrected chi connectivity index (χ2v) is 8.31. The van der Waals surface area contributed by atoms with E-state index in [2.05, 4.69) is 0 Å². The summed E-state index contributed by atoms with van der Waals surface area (Å²) in [5.74, 6) is -4.57. The number of carbonyl (C=O) groups excluding carboxylic acids is 2. The standard InChI is InChI=1S/C25H21F7N2O2/c1-14-9-18(10-15(2)23(14)26)19(25(30,31)32)5-3-16-4-6-20-17(11-16)7-8-34(20)22(36)13-33-21(35)12-24(27,28)29/h3-11,19H,12-13H2,1-2H3,(H,33,35)/b5-3+. The summed E-state index contributed by atoms with van der Waals surface area (Å²) in [5.41, 5.74) is 0.875. The number of amides is 1. The van der Waals surface area contributed by atoms with E-state index >= 15 is 0 Å². The summed E-state index contributed by atoms with van der Waals surface area (Å²) >= 11 is 0. The van der Waals surface area contributed by atoms with Crippen molar-refractivity contribution in [2.45, 2.75) is 38.5 Å². The monoisotopic (exact) mass is 514 g/mol. The molecule has 1 unspecified atom stereocenters. The highest BCUT2D eigenvalue weighted by atomic mass is 19.4. The van der Waals surface area contributed by atoms with Crippen LogP contribution in [0, 0.1) is 19.7 Å². The van der Waals surface area contributed by atoms with Gasteiger partial charge in [-0.15, -0.1) is 0 Å². The molecule has 1 heterocycles. The van der Waals surface area contributed by atoms with Gasteiger partial charge in [0.2, 0.25) is 11.8 Å². The van der Waals surface area contributed by atoms with E-state index in [4.69, 9.17) is 0 Å². The molecular formula is C25H21F7N2O2. The largest absolute Gasteiger partial charge is 0.399 e. The van der Waals surface area contributed by atoms with Crippen LogP contribution in [0.2, 0.25) is 0 Å². The maximum absolute atomic E-state index is 13.9. The van der Waals surface area contributed by atoms with Crippen molar-refractivity contribution >= 4 is 28.8 Å². The van der Waals surface area contributed by atoms with E-state index in [1.165, 1.54) is 50.4 Å². The van der Waals surface area contributed by atoms with Crippen molar-refractivity contribution in [3.8, 4) is 0 Å². The molecular weight excluding hydrogens is 493 g/mol. The Labute approximate surface area is 201 Å². The third-order valence-electron chi connectivity index (χ3n) is 5.43. The summed E-state index contributed by atoms with van der Waals surface area (Å²) in [6.45, 7) is 2.12. The first-order valence-corrected chi connectivity index (χ1v) is 10.6. The molecule has 0 radical (unpaired) electrons. The number of aryl methyl sites for hydroxylation is 2. The first-order valence-electron chi connectivity index (χ1n) is 10.6. The predicted octanol–water partition coefficient (Wildman–Crippen LogP) is 6.47. The minimum Gasteiger partial charge on any atom is -0.347 e. The molecule has 0 saturated carbocycles. The molecule has 3 aromatic rings. The molecule has 36 heavy (non-hydrogen) atoms. The average molecular weight is 514 g/mol. The Balaban J connectivity index is 1.80. The predicted molar refractivity (Wildman–Crippen MR) is 120 cm³/mol. The van der Waals surface area contributed by atoms with Gasteiger partial charge in [0, 0.05) is 11.6 Å². The zero-order valence-corrected chi connectivity index (χ0v) is 19.1. The maximum atomic E-state index is 13.9. The highest BCUT2D eigenvalue weighted by molar-refractivity contribution is 5.95. The van der Waals surface area contributed by atoms with Crippen molar-refractivity contribution < 1.29 is 40.3 Å². The van der Waals surface area contributed by atoms with Crippen molar-refractivity contribution in [1.82, 2.24) is 9.88 Å². The SMILES string of the molecule is Cc1cc(C(/C=C/c2ccc3c(ccn3C(=O)CNC(=O)CC(F)(F)F)c2)C(F)(F)F)cc(C)c1F. The number of carbonyl (C=O) groups is 2. The molecule has 3 rings (SSSR count). The second kappa shape index (κ2) is 10.2. The molecule has 2 aromatic carbocycles. The van der Waals surface area contributed by atoms with Gasteiger partial charge in [0.25, 0.3) is 0 Å². The van der Waals surface area contributed by atoms with Crippen LogP contribution in [0.4, 0.5) is 30.7 Å². The van der Waals surface area contributed by atoms with Crippen LogP contribution in [-0.4, -0.2) is 35.3 Å². The van der Waals surface area contributed by atoms with Gasteiger partial charge in [-0.3, -0.25) is 14.2 Å². The third kappa shape index (κ3) is 6.52. The quantitative estimate of drug-likeness (QED) is 0.384. The average Bonchev–Trinajstić information content (AvgIpc) is 3.17. The Morgan fingerprint density at radius 3 is 2.22 bits per heavy atom. The topological polar surface area (TPSA) is 51.1 Å². The van der Waals surface area contributed by atoms with Crippen molar-refractivity contribution in [3.05, 3.63) is 76.7 Å². The number of fused-ring (bicyclic) bond motifs is 1. The van der Waals surface area contributed by atoms with Crippen LogP contribution in [0.3, 0.4) is 0 Å². The van der Waals surface area contributed by atoms with Crippen molar-refractivity contribution in [2.24, 2.45) is 0 Å². The van der Waals surface area contributed by atoms with Crippen LogP contribution < -0.4 is 5.32 Å². The fourth-order valence-corrected chi connectivity index (χ4v) is 3.76. The fourth-order valence-electron chi connectivity index (χ4n) is 3.76. The van der Waals surface area contributed by atoms with Gasteiger partial charge in [-0.1, -0.05) is 30.4 Å². The Bertz CT molecular complexity index is 1300. The highest BCUT2D eigenvalue weighted by Gasteiger charge is 2.39. The van der Waals surface area contributed by atoms with Crippen molar-refractivity contribution in [2.75, 3.05) is 6.54 Å². The lowest BCUT2D eigenvalue weighted by Gasteiger charge is -2.19. The molecule has 0 aliphatic rings. The van der Waals surface area contributed by atoms with E-state index < -0.39 is 48.9 Å². The molecule has 0 aliphatic heterocycles. The number of aromatic nitrogens is 1. The number of hydrogen-bond acceptors (Lipinski definition) is 2. The summed E-state index contributed by atoms with van der Waals surface area (Å²) in [7, 11) is 0. The van der Waals surface area contributed by atoms with Crippen LogP contribution in [0.25, 0.3) is 17.0 Å². The summed E-state index contributed by atoms with van der Waals surface area (Å²) in [4.78, 5) is 23.6. The molecule has 192 valence electrons. The van der Waals surface area contributed by atoms with Gasteiger partial charge in [0.15, 0.2) is 0 Å². The van der Waals surface area contributed by atoms with Gasteiger partial charge in [0.1, 0.15) is 12.2 Å². The Kier molecular flexibility index (Phi) is 7.61. The molecule has 1 atom stereocenters. The van der Waals surface area contributed by atoms with Gasteiger partial charge >= 0.3 is 12.4 Å². The zero-order valence-electron chi connectivity index (χ0n) is 19.1. The third-order valence-corrected chi connectivity index (χ3v) is 5.43. The Morgan fingerprint density at radius 1 is 1.00 bits per heavy atom. The summed E-state index contributed by atoms with van der Waals surface area (Å²) < 4.78 is 93.0. The summed E-state index contributed by atoms with van der Waals surface area (Å²) in [5, 5.41) is 2.40. The molecule has 0 aliphatic carbocycles. The molecule has 1 aromatic heterocycles. The van der Waals surface area contributed by atoms with Crippen molar-refractivity contribution in [1.29, 1.82) is 0 Å². The Morgan fingerprint density at radius 2 is 1.64 bits per heavy atom. The molecule has 0 saturated heterocycles. The van der Waals surface area contributed by atoms with E-state index in [1.807, 2.05) is 5.32 Å². The van der Waals surface area contributed by atoms with Crippen LogP contribution >= 0.6 is 0 Å². The van der Waals surface area contributed by atoms with Crippen molar-refractivity contribution in [3.63, 3.8) is 0 Å². The first kappa shape index (κ1) is 27.0. The van der Waals surface area contributed by atoms with E-state index in [1.54, 1.807) is 0 Å². The number of alkyl halides is 6. The van der Waals surface area contributed by atoms with E-state index in [-0.39, 0.29) is 16.7 Å². The van der Waals surface area contributed by atoms with Gasteiger partial charge in [-0.25, -0.2) is 4.39 Å². The number of benzene rings is 2. The molecule has 1 N–H and O–H groups in total. The highest BCUT2D eigenvalue weighted by Crippen LogP contribution is 2.37. The maximum Gasteiger partial charge on any atom is 0.399 e. The lowest BCUT2D eigenvalue weighted by molar-refractivity contribution is -0.153. The van der Waals surface area contributed by atoms with E-state index in [9.17, 15) is 40.3 Å². The lowest BCUT2D eigenvalue weighted by Crippen LogP contribution is -2.34. The fraction of sp³-hybridized carbons (Fsp3) is 0.280. The summed E-state index contributed by atoms with van der Waals surface area (Å²) in [6, 6.07) is 8.31. The Hall–Kier alpha value is -3.63. The number of nitrogens with one attached hydrogen (secondary N) is 1. The number of halogens is 7. The van der Waals surface area contributed by atoms with Gasteiger partial charge in [-0.05, 0) is 54.3 Å². The van der Waals surface area contributed by atoms with Gasteiger partial charge in [0.05, 0.1) is 18.0 Å². The lowest BCUT2D eigenvalue weighted by atomic mass is 9.93. The zero-order chi connectivity index (χ0) is 26.8. The molecule has 11 heteroatoms. The van der Waals surface area contributed by atoms with Crippen LogP contribution in [0.1, 0.15) is 39.4 Å². The molecule has 1 amide bonds. The normalized spacial score (nSPS) is 13.4. The van der Waals surface area contributed by atoms with E-state index in [0.29, 0.717) is 16.5 Å². The van der Waals surface area contributed by atoms with E-state index in [0.717, 1.165) is 22.8 Å².